The number of carboxylic acid groups (broad SMARTS) is 1. The van der Waals surface area contributed by atoms with Crippen molar-refractivity contribution in [2.24, 2.45) is 0 Å². The first-order chi connectivity index (χ1) is 10.6. The fraction of sp³-hybridized carbons (Fsp3) is 0.438. The number of carbonyl (C=O) groups is 2. The lowest BCUT2D eigenvalue weighted by Crippen LogP contribution is -2.26. The zero-order valence-corrected chi connectivity index (χ0v) is 13.9. The Bertz CT molecular complexity index is 737. The second-order valence-corrected chi connectivity index (χ2v) is 6.57. The molecule has 0 saturated heterocycles. The van der Waals surface area contributed by atoms with Crippen LogP contribution in [-0.4, -0.2) is 39.1 Å². The molecular weight excluding hydrogens is 298 g/mol. The number of carboxylic acids is 1. The van der Waals surface area contributed by atoms with Crippen molar-refractivity contribution in [2.45, 2.75) is 39.7 Å². The molecule has 0 bridgehead atoms. The van der Waals surface area contributed by atoms with Gasteiger partial charge in [0.25, 0.3) is 5.91 Å². The second-order valence-electron chi connectivity index (χ2n) is 6.57. The van der Waals surface area contributed by atoms with E-state index < -0.39 is 5.97 Å². The first kappa shape index (κ1) is 16.8. The molecule has 0 aliphatic carbocycles. The molecule has 2 heterocycles. The van der Waals surface area contributed by atoms with E-state index in [4.69, 9.17) is 9.52 Å². The summed E-state index contributed by atoms with van der Waals surface area (Å²) in [6.45, 7) is 7.83. The van der Waals surface area contributed by atoms with Gasteiger partial charge in [0.1, 0.15) is 22.8 Å². The molecule has 0 aliphatic rings. The van der Waals surface area contributed by atoms with Gasteiger partial charge < -0.3 is 14.4 Å². The summed E-state index contributed by atoms with van der Waals surface area (Å²) >= 11 is 0. The quantitative estimate of drug-likeness (QED) is 0.902. The van der Waals surface area contributed by atoms with Gasteiger partial charge in [-0.3, -0.25) is 9.89 Å². The predicted molar refractivity (Wildman–Crippen MR) is 83.5 cm³/mol. The Morgan fingerprint density at radius 3 is 2.48 bits per heavy atom. The number of amides is 1. The molecule has 7 nitrogen and oxygen atoms in total. The van der Waals surface area contributed by atoms with Crippen LogP contribution in [0.4, 0.5) is 0 Å². The second kappa shape index (κ2) is 5.91. The molecule has 124 valence electrons. The van der Waals surface area contributed by atoms with Crippen LogP contribution >= 0.6 is 0 Å². The molecule has 1 amide bonds. The molecule has 0 aliphatic heterocycles. The van der Waals surface area contributed by atoms with Crippen molar-refractivity contribution in [2.75, 3.05) is 7.05 Å². The maximum absolute atomic E-state index is 12.4. The zero-order chi connectivity index (χ0) is 17.4. The van der Waals surface area contributed by atoms with Gasteiger partial charge in [-0.15, -0.1) is 0 Å². The van der Waals surface area contributed by atoms with E-state index in [0.29, 0.717) is 17.2 Å². The van der Waals surface area contributed by atoms with Crippen LogP contribution in [0.15, 0.2) is 16.5 Å². The lowest BCUT2D eigenvalue weighted by molar-refractivity contribution is 0.0694. The van der Waals surface area contributed by atoms with Crippen molar-refractivity contribution < 1.29 is 19.1 Å². The van der Waals surface area contributed by atoms with Crippen LogP contribution in [0.1, 0.15) is 58.8 Å². The molecule has 0 spiro atoms. The minimum atomic E-state index is -1.05. The molecule has 0 aromatic carbocycles. The summed E-state index contributed by atoms with van der Waals surface area (Å²) in [5.74, 6) is -0.568. The SMILES string of the molecule is Cc1oc(CN(C)C(=O)c2cc(C(C)(C)C)[nH]n2)cc1C(=O)O. The van der Waals surface area contributed by atoms with Crippen LogP contribution in [0.5, 0.6) is 0 Å². The smallest absolute Gasteiger partial charge is 0.339 e. The highest BCUT2D eigenvalue weighted by atomic mass is 16.4. The Morgan fingerprint density at radius 2 is 2.00 bits per heavy atom. The molecule has 0 radical (unpaired) electrons. The Balaban J connectivity index is 2.12. The molecule has 0 unspecified atom stereocenters. The highest BCUT2D eigenvalue weighted by molar-refractivity contribution is 5.92. The minimum Gasteiger partial charge on any atom is -0.478 e. The number of aromatic carboxylic acids is 1. The Labute approximate surface area is 134 Å². The highest BCUT2D eigenvalue weighted by Crippen LogP contribution is 2.21. The van der Waals surface area contributed by atoms with Gasteiger partial charge in [0, 0.05) is 18.2 Å². The maximum Gasteiger partial charge on any atom is 0.339 e. The van der Waals surface area contributed by atoms with Crippen molar-refractivity contribution in [1.29, 1.82) is 0 Å². The standard InChI is InChI=1S/C16H21N3O4/c1-9-11(15(21)22)6-10(23-9)8-19(5)14(20)12-7-13(18-17-12)16(2,3)4/h6-7H,8H2,1-5H3,(H,17,18)(H,21,22). The predicted octanol–water partition coefficient (Wildman–Crippen LogP) is 2.58. The normalized spacial score (nSPS) is 11.5. The molecule has 0 fully saturated rings. The van der Waals surface area contributed by atoms with Crippen LogP contribution < -0.4 is 0 Å². The summed E-state index contributed by atoms with van der Waals surface area (Å²) in [6.07, 6.45) is 0. The Hall–Kier alpha value is -2.57. The van der Waals surface area contributed by atoms with Gasteiger partial charge in [0.05, 0.1) is 6.54 Å². The van der Waals surface area contributed by atoms with Crippen molar-refractivity contribution in [1.82, 2.24) is 15.1 Å². The largest absolute Gasteiger partial charge is 0.478 e. The van der Waals surface area contributed by atoms with Gasteiger partial charge in [0.15, 0.2) is 0 Å². The molecule has 0 saturated carbocycles. The summed E-state index contributed by atoms with van der Waals surface area (Å²) in [4.78, 5) is 24.9. The van der Waals surface area contributed by atoms with Crippen molar-refractivity contribution in [3.8, 4) is 0 Å². The molecule has 7 heteroatoms. The van der Waals surface area contributed by atoms with Crippen LogP contribution in [-0.2, 0) is 12.0 Å². The van der Waals surface area contributed by atoms with E-state index in [1.165, 1.54) is 11.0 Å². The van der Waals surface area contributed by atoms with E-state index in [1.807, 2.05) is 20.8 Å². The van der Waals surface area contributed by atoms with E-state index in [1.54, 1.807) is 20.0 Å². The number of aromatic nitrogens is 2. The average Bonchev–Trinajstić information content (AvgIpc) is 3.04. The highest BCUT2D eigenvalue weighted by Gasteiger charge is 2.22. The fourth-order valence-electron chi connectivity index (χ4n) is 2.15. The number of furan rings is 1. The van der Waals surface area contributed by atoms with Crippen LogP contribution in [0.2, 0.25) is 0 Å². The van der Waals surface area contributed by atoms with E-state index in [0.717, 1.165) is 5.69 Å². The summed E-state index contributed by atoms with van der Waals surface area (Å²) in [5, 5.41) is 16.0. The van der Waals surface area contributed by atoms with E-state index in [2.05, 4.69) is 10.2 Å². The lowest BCUT2D eigenvalue weighted by atomic mass is 9.92. The van der Waals surface area contributed by atoms with E-state index >= 15 is 0 Å². The van der Waals surface area contributed by atoms with Crippen molar-refractivity contribution in [3.05, 3.63) is 40.6 Å². The number of hydrogen-bond acceptors (Lipinski definition) is 4. The third-order valence-electron chi connectivity index (χ3n) is 3.54. The number of hydrogen-bond donors (Lipinski definition) is 2. The topological polar surface area (TPSA) is 99.4 Å². The average molecular weight is 319 g/mol. The van der Waals surface area contributed by atoms with Crippen molar-refractivity contribution >= 4 is 11.9 Å². The molecule has 2 N–H and O–H groups in total. The minimum absolute atomic E-state index is 0.107. The Morgan fingerprint density at radius 1 is 1.35 bits per heavy atom. The number of aromatic amines is 1. The number of nitrogens with one attached hydrogen (secondary N) is 1. The molecule has 2 aromatic rings. The molecule has 0 atom stereocenters. The van der Waals surface area contributed by atoms with Crippen molar-refractivity contribution in [3.63, 3.8) is 0 Å². The Kier molecular flexibility index (Phi) is 4.31. The molecule has 2 aromatic heterocycles. The van der Waals surface area contributed by atoms with Gasteiger partial charge in [-0.25, -0.2) is 4.79 Å². The summed E-state index contributed by atoms with van der Waals surface area (Å²) in [7, 11) is 1.62. The first-order valence-corrected chi connectivity index (χ1v) is 7.23. The molecule has 2 rings (SSSR count). The number of nitrogens with zero attached hydrogens (tertiary/aromatic N) is 2. The molecular formula is C16H21N3O4. The first-order valence-electron chi connectivity index (χ1n) is 7.23. The summed E-state index contributed by atoms with van der Waals surface area (Å²) < 4.78 is 5.39. The number of H-pyrrole nitrogens is 1. The lowest BCUT2D eigenvalue weighted by Gasteiger charge is -2.15. The number of rotatable bonds is 4. The molecule has 23 heavy (non-hydrogen) atoms. The van der Waals surface area contributed by atoms with Gasteiger partial charge in [-0.05, 0) is 19.1 Å². The van der Waals surface area contributed by atoms with Crippen LogP contribution in [0.3, 0.4) is 0 Å². The zero-order valence-electron chi connectivity index (χ0n) is 13.9. The van der Waals surface area contributed by atoms with Gasteiger partial charge in [-0.2, -0.15) is 5.10 Å². The van der Waals surface area contributed by atoms with Crippen LogP contribution in [0, 0.1) is 6.92 Å². The summed E-state index contributed by atoms with van der Waals surface area (Å²) in [6, 6.07) is 3.17. The third kappa shape index (κ3) is 3.61. The summed E-state index contributed by atoms with van der Waals surface area (Å²) in [5.41, 5.74) is 1.17. The van der Waals surface area contributed by atoms with Gasteiger partial charge in [0.2, 0.25) is 0 Å². The van der Waals surface area contributed by atoms with Crippen LogP contribution in [0.25, 0.3) is 0 Å². The maximum atomic E-state index is 12.4. The van der Waals surface area contributed by atoms with Gasteiger partial charge in [-0.1, -0.05) is 20.8 Å². The van der Waals surface area contributed by atoms with E-state index in [-0.39, 0.29) is 23.4 Å². The van der Waals surface area contributed by atoms with E-state index in [9.17, 15) is 9.59 Å². The monoisotopic (exact) mass is 319 g/mol. The van der Waals surface area contributed by atoms with Gasteiger partial charge >= 0.3 is 5.97 Å². The number of carbonyl (C=O) groups excluding carboxylic acids is 1. The third-order valence-corrected chi connectivity index (χ3v) is 3.54. The number of aryl methyl sites for hydroxylation is 1. The fourth-order valence-corrected chi connectivity index (χ4v) is 2.15.